The van der Waals surface area contributed by atoms with Gasteiger partial charge < -0.3 is 5.32 Å². The van der Waals surface area contributed by atoms with E-state index in [1.54, 1.807) is 6.08 Å². The Hall–Kier alpha value is -1.95. The molecule has 0 radical (unpaired) electrons. The molecule has 104 valence electrons. The molecule has 1 unspecified atom stereocenters. The van der Waals surface area contributed by atoms with Crippen LogP contribution in [0.25, 0.3) is 5.69 Å². The minimum absolute atomic E-state index is 0.108. The Morgan fingerprint density at radius 3 is 3.10 bits per heavy atom. The fourth-order valence-corrected chi connectivity index (χ4v) is 2.40. The number of benzene rings is 1. The Kier molecular flexibility index (Phi) is 3.92. The van der Waals surface area contributed by atoms with E-state index in [9.17, 15) is 0 Å². The summed E-state index contributed by atoms with van der Waals surface area (Å²) in [6.45, 7) is 5.75. The van der Waals surface area contributed by atoms with Crippen molar-refractivity contribution >= 4 is 0 Å². The van der Waals surface area contributed by atoms with Gasteiger partial charge in [-0.15, -0.1) is 6.58 Å². The van der Waals surface area contributed by atoms with Crippen molar-refractivity contribution in [2.24, 2.45) is 0 Å². The predicted octanol–water partition coefficient (Wildman–Crippen LogP) is 1.72. The Morgan fingerprint density at radius 1 is 1.45 bits per heavy atom. The monoisotopic (exact) mass is 270 g/mol. The molecule has 2 N–H and O–H groups in total. The van der Waals surface area contributed by atoms with Crippen LogP contribution in [-0.2, 0) is 11.4 Å². The summed E-state index contributed by atoms with van der Waals surface area (Å²) in [5.74, 6) is 0. The van der Waals surface area contributed by atoms with Gasteiger partial charge in [-0.3, -0.25) is 4.84 Å². The van der Waals surface area contributed by atoms with Gasteiger partial charge in [-0.1, -0.05) is 24.3 Å². The molecule has 0 saturated carbocycles. The second-order valence-electron chi connectivity index (χ2n) is 4.69. The summed E-state index contributed by atoms with van der Waals surface area (Å²) in [6, 6.07) is 10.3. The van der Waals surface area contributed by atoms with Gasteiger partial charge in [0.15, 0.2) is 0 Å². The van der Waals surface area contributed by atoms with Crippen molar-refractivity contribution < 1.29 is 4.84 Å². The molecule has 0 amide bonds. The number of nitrogens with one attached hydrogen (secondary N) is 2. The van der Waals surface area contributed by atoms with E-state index in [-0.39, 0.29) is 6.04 Å². The summed E-state index contributed by atoms with van der Waals surface area (Å²) in [6.07, 6.45) is 3.63. The molecule has 2 heterocycles. The largest absolute Gasteiger partial charge is 0.309 e. The van der Waals surface area contributed by atoms with E-state index in [2.05, 4.69) is 34.6 Å². The van der Waals surface area contributed by atoms with E-state index in [1.807, 2.05) is 29.1 Å². The first-order valence-corrected chi connectivity index (χ1v) is 6.71. The van der Waals surface area contributed by atoms with Crippen LogP contribution in [0.3, 0.4) is 0 Å². The molecular weight excluding hydrogens is 252 g/mol. The predicted molar refractivity (Wildman–Crippen MR) is 77.3 cm³/mol. The van der Waals surface area contributed by atoms with Gasteiger partial charge >= 0.3 is 0 Å². The Bertz CT molecular complexity index is 579. The normalized spacial score (nSPS) is 17.7. The maximum absolute atomic E-state index is 5.35. The highest BCUT2D eigenvalue weighted by Crippen LogP contribution is 2.24. The molecule has 0 saturated heterocycles. The molecule has 0 spiro atoms. The maximum atomic E-state index is 5.35. The molecule has 1 atom stereocenters. The number of hydrogen-bond donors (Lipinski definition) is 2. The SMILES string of the molecule is C=CCONC1CNCc2c1cnn2-c1ccccc1. The number of hydroxylamine groups is 1. The number of rotatable bonds is 5. The van der Waals surface area contributed by atoms with Gasteiger partial charge in [-0.25, -0.2) is 4.68 Å². The van der Waals surface area contributed by atoms with Crippen molar-refractivity contribution in [3.05, 3.63) is 60.4 Å². The molecule has 5 nitrogen and oxygen atoms in total. The Labute approximate surface area is 118 Å². The molecule has 1 aliphatic heterocycles. The Balaban J connectivity index is 1.85. The van der Waals surface area contributed by atoms with Crippen LogP contribution in [0.5, 0.6) is 0 Å². The van der Waals surface area contributed by atoms with Crippen LogP contribution >= 0.6 is 0 Å². The smallest absolute Gasteiger partial charge is 0.0861 e. The third-order valence-electron chi connectivity index (χ3n) is 3.35. The summed E-state index contributed by atoms with van der Waals surface area (Å²) in [5, 5.41) is 7.89. The van der Waals surface area contributed by atoms with Crippen molar-refractivity contribution in [3.63, 3.8) is 0 Å². The lowest BCUT2D eigenvalue weighted by atomic mass is 10.0. The average Bonchev–Trinajstić information content (AvgIpc) is 2.93. The van der Waals surface area contributed by atoms with Crippen LogP contribution in [0.15, 0.2) is 49.2 Å². The zero-order valence-electron chi connectivity index (χ0n) is 11.2. The molecule has 0 fully saturated rings. The second-order valence-corrected chi connectivity index (χ2v) is 4.69. The van der Waals surface area contributed by atoms with Gasteiger partial charge in [0.2, 0.25) is 0 Å². The Morgan fingerprint density at radius 2 is 2.30 bits per heavy atom. The number of aromatic nitrogens is 2. The summed E-state index contributed by atoms with van der Waals surface area (Å²) < 4.78 is 1.98. The van der Waals surface area contributed by atoms with Crippen LogP contribution in [0.2, 0.25) is 0 Å². The first kappa shape index (κ1) is 13.1. The highest BCUT2D eigenvalue weighted by Gasteiger charge is 2.24. The average molecular weight is 270 g/mol. The van der Waals surface area contributed by atoms with Crippen LogP contribution in [0.4, 0.5) is 0 Å². The molecule has 1 aromatic carbocycles. The molecule has 3 rings (SSSR count). The van der Waals surface area contributed by atoms with Gasteiger partial charge in [0.05, 0.1) is 30.2 Å². The van der Waals surface area contributed by atoms with E-state index in [0.29, 0.717) is 6.61 Å². The zero-order valence-corrected chi connectivity index (χ0v) is 11.2. The highest BCUT2D eigenvalue weighted by molar-refractivity contribution is 5.36. The maximum Gasteiger partial charge on any atom is 0.0861 e. The minimum atomic E-state index is 0.108. The number of nitrogens with zero attached hydrogens (tertiary/aromatic N) is 2. The zero-order chi connectivity index (χ0) is 13.8. The minimum Gasteiger partial charge on any atom is -0.309 e. The number of fused-ring (bicyclic) bond motifs is 1. The summed E-state index contributed by atoms with van der Waals surface area (Å²) >= 11 is 0. The van der Waals surface area contributed by atoms with E-state index in [0.717, 1.165) is 18.8 Å². The first-order valence-electron chi connectivity index (χ1n) is 6.71. The van der Waals surface area contributed by atoms with Gasteiger partial charge in [-0.05, 0) is 12.1 Å². The third kappa shape index (κ3) is 2.51. The topological polar surface area (TPSA) is 51.1 Å². The molecule has 1 aliphatic rings. The van der Waals surface area contributed by atoms with Crippen LogP contribution in [0, 0.1) is 0 Å². The van der Waals surface area contributed by atoms with Gasteiger partial charge in [0, 0.05) is 18.7 Å². The molecule has 0 bridgehead atoms. The molecule has 1 aromatic heterocycles. The quantitative estimate of drug-likeness (QED) is 0.493. The van der Waals surface area contributed by atoms with Crippen molar-refractivity contribution in [1.82, 2.24) is 20.6 Å². The standard InChI is InChI=1S/C15H18N4O/c1-2-8-20-18-14-10-16-11-15-13(14)9-17-19(15)12-6-4-3-5-7-12/h2-7,9,14,16,18H,1,8,10-11H2. The first-order chi connectivity index (χ1) is 9.90. The lowest BCUT2D eigenvalue weighted by Gasteiger charge is -2.24. The van der Waals surface area contributed by atoms with Crippen molar-refractivity contribution in [2.45, 2.75) is 12.6 Å². The van der Waals surface area contributed by atoms with Crippen molar-refractivity contribution in [1.29, 1.82) is 0 Å². The number of hydrogen-bond acceptors (Lipinski definition) is 4. The lowest BCUT2D eigenvalue weighted by Crippen LogP contribution is -2.36. The lowest BCUT2D eigenvalue weighted by molar-refractivity contribution is 0.0324. The van der Waals surface area contributed by atoms with Gasteiger partial charge in [-0.2, -0.15) is 10.6 Å². The molecule has 0 aliphatic carbocycles. The summed E-state index contributed by atoms with van der Waals surface area (Å²) in [4.78, 5) is 5.35. The molecule has 5 heteroatoms. The van der Waals surface area contributed by atoms with Crippen molar-refractivity contribution in [2.75, 3.05) is 13.2 Å². The second kappa shape index (κ2) is 6.00. The third-order valence-corrected chi connectivity index (χ3v) is 3.35. The molecular formula is C15H18N4O. The fraction of sp³-hybridized carbons (Fsp3) is 0.267. The van der Waals surface area contributed by atoms with E-state index < -0.39 is 0 Å². The van der Waals surface area contributed by atoms with Gasteiger partial charge in [0.25, 0.3) is 0 Å². The highest BCUT2D eigenvalue weighted by atomic mass is 16.6. The fourth-order valence-electron chi connectivity index (χ4n) is 2.40. The summed E-state index contributed by atoms with van der Waals surface area (Å²) in [5.41, 5.74) is 6.47. The van der Waals surface area contributed by atoms with Crippen LogP contribution < -0.4 is 10.8 Å². The van der Waals surface area contributed by atoms with Crippen LogP contribution in [0.1, 0.15) is 17.3 Å². The van der Waals surface area contributed by atoms with Crippen molar-refractivity contribution in [3.8, 4) is 5.69 Å². The van der Waals surface area contributed by atoms with Crippen LogP contribution in [-0.4, -0.2) is 22.9 Å². The van der Waals surface area contributed by atoms with Gasteiger partial charge in [0.1, 0.15) is 0 Å². The van der Waals surface area contributed by atoms with E-state index in [4.69, 9.17) is 4.84 Å². The molecule has 20 heavy (non-hydrogen) atoms. The van der Waals surface area contributed by atoms with E-state index in [1.165, 1.54) is 11.3 Å². The number of para-hydroxylation sites is 1. The summed E-state index contributed by atoms with van der Waals surface area (Å²) in [7, 11) is 0. The van der Waals surface area contributed by atoms with E-state index >= 15 is 0 Å². The molecule has 2 aromatic rings.